The summed E-state index contributed by atoms with van der Waals surface area (Å²) in [5.74, 6) is 0.697. The molecule has 0 radical (unpaired) electrons. The number of nitrogens with zero attached hydrogens (tertiary/aromatic N) is 3. The van der Waals surface area contributed by atoms with Gasteiger partial charge in [-0.3, -0.25) is 19.5 Å². The molecule has 0 unspecified atom stereocenters. The Kier molecular flexibility index (Phi) is 5.67. The second kappa shape index (κ2) is 8.74. The van der Waals surface area contributed by atoms with Crippen LogP contribution in [0.3, 0.4) is 0 Å². The largest absolute Gasteiger partial charge is 0.342 e. The van der Waals surface area contributed by atoms with Gasteiger partial charge in [0, 0.05) is 30.6 Å². The lowest BCUT2D eigenvalue weighted by Gasteiger charge is -2.25. The lowest BCUT2D eigenvalue weighted by atomic mass is 9.97. The van der Waals surface area contributed by atoms with Crippen LogP contribution in [0.15, 0.2) is 47.5 Å². The molecule has 3 fully saturated rings. The summed E-state index contributed by atoms with van der Waals surface area (Å²) in [6.45, 7) is 1.88. The number of amides is 2. The van der Waals surface area contributed by atoms with E-state index in [0.29, 0.717) is 42.4 Å². The summed E-state index contributed by atoms with van der Waals surface area (Å²) in [6.07, 6.45) is 6.20. The van der Waals surface area contributed by atoms with Crippen LogP contribution in [-0.2, 0) is 9.59 Å². The molecule has 2 aromatic carbocycles. The van der Waals surface area contributed by atoms with Crippen LogP contribution < -0.4 is 0 Å². The Hall–Kier alpha value is -2.73. The van der Waals surface area contributed by atoms with Crippen LogP contribution in [0.1, 0.15) is 50.5 Å². The molecule has 0 N–H and O–H groups in total. The van der Waals surface area contributed by atoms with Crippen LogP contribution in [0.25, 0.3) is 11.1 Å². The molecule has 0 aromatic heterocycles. The van der Waals surface area contributed by atoms with E-state index in [9.17, 15) is 9.59 Å². The summed E-state index contributed by atoms with van der Waals surface area (Å²) < 4.78 is 15.5. The van der Waals surface area contributed by atoms with Crippen molar-refractivity contribution in [2.24, 2.45) is 16.8 Å². The molecule has 1 atom stereocenters. The van der Waals surface area contributed by atoms with E-state index >= 15 is 4.39 Å². The highest BCUT2D eigenvalue weighted by atomic mass is 35.5. The van der Waals surface area contributed by atoms with E-state index in [0.717, 1.165) is 49.8 Å². The first-order chi connectivity index (χ1) is 16.9. The molecule has 0 bridgehead atoms. The molecule has 4 aliphatic rings. The Balaban J connectivity index is 1.28. The monoisotopic (exact) mass is 493 g/mol. The van der Waals surface area contributed by atoms with E-state index in [1.165, 1.54) is 6.07 Å². The molecule has 35 heavy (non-hydrogen) atoms. The molecule has 7 heteroatoms. The van der Waals surface area contributed by atoms with Gasteiger partial charge in [0.1, 0.15) is 17.2 Å². The molecule has 182 valence electrons. The first kappa shape index (κ1) is 22.7. The van der Waals surface area contributed by atoms with Gasteiger partial charge in [-0.15, -0.1) is 0 Å². The molecule has 2 amide bonds. The summed E-state index contributed by atoms with van der Waals surface area (Å²) in [7, 11) is 0. The van der Waals surface area contributed by atoms with E-state index in [1.807, 2.05) is 23.1 Å². The van der Waals surface area contributed by atoms with Crippen molar-refractivity contribution in [3.05, 3.63) is 58.9 Å². The van der Waals surface area contributed by atoms with Gasteiger partial charge >= 0.3 is 0 Å². The fourth-order valence-corrected chi connectivity index (χ4v) is 5.99. The van der Waals surface area contributed by atoms with Gasteiger partial charge in [0.25, 0.3) is 5.91 Å². The van der Waals surface area contributed by atoms with Gasteiger partial charge in [-0.2, -0.15) is 0 Å². The minimum Gasteiger partial charge on any atom is -0.342 e. The number of hydrogen-bond donors (Lipinski definition) is 0. The minimum atomic E-state index is -0.751. The van der Waals surface area contributed by atoms with Crippen molar-refractivity contribution in [2.75, 3.05) is 19.6 Å². The van der Waals surface area contributed by atoms with E-state index in [-0.39, 0.29) is 29.5 Å². The van der Waals surface area contributed by atoms with E-state index < -0.39 is 5.54 Å². The molecular formula is C28H29ClFN3O2. The predicted molar refractivity (Wildman–Crippen MR) is 134 cm³/mol. The molecule has 2 heterocycles. The molecule has 2 aromatic rings. The maximum absolute atomic E-state index is 15.5. The fourth-order valence-electron chi connectivity index (χ4n) is 5.87. The normalized spacial score (nSPS) is 23.4. The predicted octanol–water partition coefficient (Wildman–Crippen LogP) is 5.31. The zero-order valence-electron chi connectivity index (χ0n) is 19.7. The summed E-state index contributed by atoms with van der Waals surface area (Å²) in [6, 6.07) is 12.4. The maximum Gasteiger partial charge on any atom is 0.256 e. The number of amidine groups is 1. The average Bonchev–Trinajstić information content (AvgIpc) is 3.31. The number of rotatable bonds is 5. The van der Waals surface area contributed by atoms with Crippen LogP contribution in [0.2, 0.25) is 5.02 Å². The number of carbonyl (C=O) groups is 2. The molecule has 6 rings (SSSR count). The molecule has 1 spiro atoms. The second-order valence-electron chi connectivity index (χ2n) is 10.5. The van der Waals surface area contributed by atoms with Gasteiger partial charge < -0.3 is 4.90 Å². The van der Waals surface area contributed by atoms with Crippen molar-refractivity contribution < 1.29 is 14.0 Å². The summed E-state index contributed by atoms with van der Waals surface area (Å²) in [4.78, 5) is 34.8. The number of aliphatic imine (C=N–C) groups is 1. The quantitative estimate of drug-likeness (QED) is 0.567. The van der Waals surface area contributed by atoms with Crippen LogP contribution in [0.5, 0.6) is 0 Å². The highest BCUT2D eigenvalue weighted by molar-refractivity contribution is 6.30. The van der Waals surface area contributed by atoms with Crippen molar-refractivity contribution in [2.45, 2.75) is 50.5 Å². The maximum atomic E-state index is 15.5. The van der Waals surface area contributed by atoms with Crippen molar-refractivity contribution in [3.8, 4) is 11.1 Å². The second-order valence-corrected chi connectivity index (χ2v) is 10.9. The fraction of sp³-hybridized carbons (Fsp3) is 0.464. The van der Waals surface area contributed by atoms with Gasteiger partial charge in [-0.25, -0.2) is 4.39 Å². The molecule has 2 aliphatic heterocycles. The zero-order chi connectivity index (χ0) is 24.2. The molecule has 1 saturated heterocycles. The Bertz CT molecular complexity index is 1200. The lowest BCUT2D eigenvalue weighted by Crippen LogP contribution is -2.44. The van der Waals surface area contributed by atoms with Crippen LogP contribution in [-0.4, -0.2) is 52.6 Å². The van der Waals surface area contributed by atoms with Crippen molar-refractivity contribution in [1.82, 2.24) is 9.80 Å². The van der Waals surface area contributed by atoms with Crippen LogP contribution in [0, 0.1) is 17.7 Å². The highest BCUT2D eigenvalue weighted by Crippen LogP contribution is 2.41. The van der Waals surface area contributed by atoms with E-state index in [4.69, 9.17) is 16.6 Å². The van der Waals surface area contributed by atoms with Crippen molar-refractivity contribution in [3.63, 3.8) is 0 Å². The highest BCUT2D eigenvalue weighted by Gasteiger charge is 2.51. The first-order valence-corrected chi connectivity index (χ1v) is 13.1. The van der Waals surface area contributed by atoms with Gasteiger partial charge in [0.05, 0.1) is 5.56 Å². The third-order valence-corrected chi connectivity index (χ3v) is 8.25. The van der Waals surface area contributed by atoms with E-state index in [1.54, 1.807) is 23.1 Å². The number of carbonyl (C=O) groups excluding carboxylic acids is 2. The summed E-state index contributed by atoms with van der Waals surface area (Å²) >= 11 is 6.00. The van der Waals surface area contributed by atoms with Crippen LogP contribution >= 0.6 is 11.6 Å². The molecule has 5 nitrogen and oxygen atoms in total. The van der Waals surface area contributed by atoms with E-state index in [2.05, 4.69) is 0 Å². The third-order valence-electron chi connectivity index (χ3n) is 8.00. The molecule has 2 aliphatic carbocycles. The minimum absolute atomic E-state index is 0.00172. The van der Waals surface area contributed by atoms with Crippen molar-refractivity contribution in [1.29, 1.82) is 0 Å². The standard InChI is InChI=1S/C28H29ClFN3O2/c29-22-8-5-19(6-9-22)21-7-10-23(24(30)15-21)25-31-28(12-1-2-13-28)27(35)33(25)17-18-11-14-32(16-18)26(34)20-3-4-20/h5-10,15,18,20H,1-4,11-14,16-17H2/t18-/m1/s1. The molecular weight excluding hydrogens is 465 g/mol. The molecule has 2 saturated carbocycles. The number of hydrogen-bond acceptors (Lipinski definition) is 3. The smallest absolute Gasteiger partial charge is 0.256 e. The van der Waals surface area contributed by atoms with Gasteiger partial charge in [-0.1, -0.05) is 42.6 Å². The average molecular weight is 494 g/mol. The lowest BCUT2D eigenvalue weighted by molar-refractivity contribution is -0.131. The number of halogens is 2. The van der Waals surface area contributed by atoms with Gasteiger partial charge in [-0.05, 0) is 73.4 Å². The summed E-state index contributed by atoms with van der Waals surface area (Å²) in [5, 5.41) is 0.631. The topological polar surface area (TPSA) is 53.0 Å². The SMILES string of the molecule is O=C(C1CC1)N1CC[C@@H](CN2C(=O)C3(CCCC3)N=C2c2ccc(-c3ccc(Cl)cc3)cc2F)C1. The Morgan fingerprint density at radius 1 is 1.06 bits per heavy atom. The number of benzene rings is 2. The first-order valence-electron chi connectivity index (χ1n) is 12.7. The van der Waals surface area contributed by atoms with Crippen molar-refractivity contribution >= 4 is 29.3 Å². The zero-order valence-corrected chi connectivity index (χ0v) is 20.4. The number of likely N-dealkylation sites (tertiary alicyclic amines) is 1. The Morgan fingerprint density at radius 3 is 2.46 bits per heavy atom. The Morgan fingerprint density at radius 2 is 1.77 bits per heavy atom. The Labute approximate surface area is 210 Å². The van der Waals surface area contributed by atoms with Gasteiger partial charge in [0.15, 0.2) is 0 Å². The van der Waals surface area contributed by atoms with Gasteiger partial charge in [0.2, 0.25) is 5.91 Å². The summed E-state index contributed by atoms with van der Waals surface area (Å²) in [5.41, 5.74) is 1.24. The third kappa shape index (κ3) is 4.16. The van der Waals surface area contributed by atoms with Crippen LogP contribution in [0.4, 0.5) is 4.39 Å².